The molecule has 0 radical (unpaired) electrons. The summed E-state index contributed by atoms with van der Waals surface area (Å²) < 4.78 is 0. The van der Waals surface area contributed by atoms with Crippen molar-refractivity contribution in [3.63, 3.8) is 0 Å². The highest BCUT2D eigenvalue weighted by Gasteiger charge is 2.24. The zero-order chi connectivity index (χ0) is 16.9. The highest BCUT2D eigenvalue weighted by atomic mass is 35.5. The minimum absolute atomic E-state index is 0. The molecule has 136 valence electrons. The normalized spacial score (nSPS) is 18.8. The lowest BCUT2D eigenvalue weighted by Crippen LogP contribution is -2.39. The smallest absolute Gasteiger partial charge is 0.307 e. The Hall–Kier alpha value is -1.14. The van der Waals surface area contributed by atoms with Crippen molar-refractivity contribution in [3.8, 4) is 0 Å². The van der Waals surface area contributed by atoms with Crippen LogP contribution in [0.3, 0.4) is 0 Å². The van der Waals surface area contributed by atoms with Gasteiger partial charge in [-0.1, -0.05) is 12.1 Å². The van der Waals surface area contributed by atoms with Crippen LogP contribution in [0.5, 0.6) is 0 Å². The molecule has 0 amide bonds. The first-order valence-electron chi connectivity index (χ1n) is 8.39. The van der Waals surface area contributed by atoms with Gasteiger partial charge in [0.2, 0.25) is 0 Å². The van der Waals surface area contributed by atoms with Gasteiger partial charge in [0.25, 0.3) is 0 Å². The molecule has 0 spiro atoms. The molecular weight excluding hydrogens is 374 g/mol. The van der Waals surface area contributed by atoms with Gasteiger partial charge in [-0.05, 0) is 61.2 Å². The molecule has 6 heteroatoms. The van der Waals surface area contributed by atoms with Crippen LogP contribution < -0.4 is 0 Å². The molecule has 1 atom stereocenters. The molecule has 1 aliphatic rings. The lowest BCUT2D eigenvalue weighted by Gasteiger charge is -2.30. The van der Waals surface area contributed by atoms with Gasteiger partial charge in [0.15, 0.2) is 0 Å². The molecule has 3 nitrogen and oxygen atoms in total. The van der Waals surface area contributed by atoms with Crippen LogP contribution >= 0.6 is 35.1 Å². The van der Waals surface area contributed by atoms with E-state index in [0.717, 1.165) is 32.4 Å². The predicted molar refractivity (Wildman–Crippen MR) is 109 cm³/mol. The van der Waals surface area contributed by atoms with Crippen LogP contribution in [0.4, 0.5) is 0 Å². The third-order valence-corrected chi connectivity index (χ3v) is 6.49. The predicted octanol–water partition coefficient (Wildman–Crippen LogP) is 5.16. The van der Waals surface area contributed by atoms with E-state index in [1.54, 1.807) is 22.7 Å². The molecule has 1 aliphatic heterocycles. The van der Waals surface area contributed by atoms with E-state index in [-0.39, 0.29) is 18.3 Å². The molecule has 0 unspecified atom stereocenters. The maximum Gasteiger partial charge on any atom is 0.307 e. The topological polar surface area (TPSA) is 40.5 Å². The van der Waals surface area contributed by atoms with Gasteiger partial charge in [0, 0.05) is 28.4 Å². The monoisotopic (exact) mass is 397 g/mol. The van der Waals surface area contributed by atoms with Crippen LogP contribution in [-0.4, -0.2) is 35.6 Å². The number of aryl methyl sites for hydroxylation is 1. The van der Waals surface area contributed by atoms with Crippen molar-refractivity contribution in [2.75, 3.05) is 19.6 Å². The van der Waals surface area contributed by atoms with Crippen LogP contribution in [0, 0.1) is 12.8 Å². The van der Waals surface area contributed by atoms with Crippen molar-refractivity contribution in [2.24, 2.45) is 5.92 Å². The largest absolute Gasteiger partial charge is 0.481 e. The Labute approximate surface area is 163 Å². The molecule has 3 heterocycles. The third kappa shape index (κ3) is 5.17. The van der Waals surface area contributed by atoms with E-state index in [0.29, 0.717) is 6.54 Å². The van der Waals surface area contributed by atoms with Crippen molar-refractivity contribution in [3.05, 3.63) is 50.4 Å². The molecule has 25 heavy (non-hydrogen) atoms. The first-order valence-corrected chi connectivity index (χ1v) is 10.1. The number of carbonyl (C=O) groups is 1. The molecule has 0 aromatic carbocycles. The first-order chi connectivity index (χ1) is 11.6. The number of hydrogen-bond donors (Lipinski definition) is 1. The Kier molecular flexibility index (Phi) is 7.69. The average Bonchev–Trinajstić information content (AvgIpc) is 3.24. The Balaban J connectivity index is 0.00000225. The second-order valence-electron chi connectivity index (χ2n) is 6.29. The molecule has 1 N–H and O–H groups in total. The van der Waals surface area contributed by atoms with Crippen LogP contribution in [0.15, 0.2) is 35.0 Å². The van der Waals surface area contributed by atoms with Crippen LogP contribution in [0.1, 0.15) is 34.6 Å². The number of thiophene rings is 2. The summed E-state index contributed by atoms with van der Waals surface area (Å²) in [6.45, 7) is 4.80. The van der Waals surface area contributed by atoms with E-state index in [9.17, 15) is 9.90 Å². The maximum absolute atomic E-state index is 11.2. The number of piperidine rings is 1. The summed E-state index contributed by atoms with van der Waals surface area (Å²) in [4.78, 5) is 16.1. The SMILES string of the molecule is Cc1ccsc1/C(=C\CCN1CCC[C@H](C(=O)O)C1)c1cccs1.Cl. The van der Waals surface area contributed by atoms with Gasteiger partial charge in [0.1, 0.15) is 0 Å². The molecular formula is C19H24ClNO2S2. The van der Waals surface area contributed by atoms with Gasteiger partial charge < -0.3 is 10.0 Å². The number of halogens is 1. The van der Waals surface area contributed by atoms with Gasteiger partial charge in [-0.3, -0.25) is 4.79 Å². The number of rotatable bonds is 6. The maximum atomic E-state index is 11.2. The second kappa shape index (κ2) is 9.53. The molecule has 2 aromatic rings. The molecule has 2 aromatic heterocycles. The summed E-state index contributed by atoms with van der Waals surface area (Å²) in [7, 11) is 0. The summed E-state index contributed by atoms with van der Waals surface area (Å²) in [5, 5.41) is 13.5. The Bertz CT molecular complexity index is 709. The fourth-order valence-corrected chi connectivity index (χ4v) is 5.06. The molecule has 0 bridgehead atoms. The number of likely N-dealkylation sites (tertiary alicyclic amines) is 1. The van der Waals surface area contributed by atoms with E-state index < -0.39 is 5.97 Å². The number of nitrogens with zero attached hydrogens (tertiary/aromatic N) is 1. The standard InChI is InChI=1S/C19H23NO2S2.ClH/c1-14-8-12-24-18(14)16(17-7-4-11-23-17)6-3-10-20-9-2-5-15(13-20)19(21)22;/h4,6-8,11-12,15H,2-3,5,9-10,13H2,1H3,(H,21,22);1H/b16-6-;/t15-;/m0./s1. The average molecular weight is 398 g/mol. The van der Waals surface area contributed by atoms with Crippen molar-refractivity contribution >= 4 is 46.6 Å². The van der Waals surface area contributed by atoms with E-state index in [1.807, 2.05) is 0 Å². The Morgan fingerprint density at radius 1 is 1.36 bits per heavy atom. The van der Waals surface area contributed by atoms with Gasteiger partial charge in [-0.25, -0.2) is 0 Å². The number of aliphatic carboxylic acids is 1. The van der Waals surface area contributed by atoms with Crippen LogP contribution in [0.2, 0.25) is 0 Å². The molecule has 1 saturated heterocycles. The fraction of sp³-hybridized carbons (Fsp3) is 0.421. The van der Waals surface area contributed by atoms with Crippen molar-refractivity contribution in [1.82, 2.24) is 4.90 Å². The Morgan fingerprint density at radius 2 is 2.20 bits per heavy atom. The molecule has 3 rings (SSSR count). The Morgan fingerprint density at radius 3 is 2.84 bits per heavy atom. The molecule has 0 aliphatic carbocycles. The summed E-state index contributed by atoms with van der Waals surface area (Å²) >= 11 is 3.57. The molecule has 1 fully saturated rings. The van der Waals surface area contributed by atoms with Crippen LogP contribution in [0.25, 0.3) is 5.57 Å². The van der Waals surface area contributed by atoms with Crippen LogP contribution in [-0.2, 0) is 4.79 Å². The first kappa shape index (κ1) is 20.2. The fourth-order valence-electron chi connectivity index (χ4n) is 3.24. The van der Waals surface area contributed by atoms with Gasteiger partial charge in [-0.15, -0.1) is 35.1 Å². The highest BCUT2D eigenvalue weighted by molar-refractivity contribution is 7.13. The van der Waals surface area contributed by atoms with Gasteiger partial charge >= 0.3 is 5.97 Å². The molecule has 0 saturated carbocycles. The summed E-state index contributed by atoms with van der Waals surface area (Å²) in [5.41, 5.74) is 2.65. The lowest BCUT2D eigenvalue weighted by molar-refractivity contribution is -0.143. The van der Waals surface area contributed by atoms with E-state index in [1.165, 1.54) is 20.9 Å². The van der Waals surface area contributed by atoms with Crippen molar-refractivity contribution in [2.45, 2.75) is 26.2 Å². The number of hydrogen-bond acceptors (Lipinski definition) is 4. The van der Waals surface area contributed by atoms with E-state index in [4.69, 9.17) is 0 Å². The summed E-state index contributed by atoms with van der Waals surface area (Å²) in [6.07, 6.45) is 5.09. The van der Waals surface area contributed by atoms with Crippen molar-refractivity contribution in [1.29, 1.82) is 0 Å². The number of carboxylic acid groups (broad SMARTS) is 1. The quantitative estimate of drug-likeness (QED) is 0.731. The zero-order valence-electron chi connectivity index (χ0n) is 14.3. The van der Waals surface area contributed by atoms with Gasteiger partial charge in [-0.2, -0.15) is 0 Å². The number of carboxylic acids is 1. The second-order valence-corrected chi connectivity index (χ2v) is 8.16. The lowest BCUT2D eigenvalue weighted by atomic mass is 9.98. The van der Waals surface area contributed by atoms with E-state index >= 15 is 0 Å². The summed E-state index contributed by atoms with van der Waals surface area (Å²) in [5.74, 6) is -0.845. The van der Waals surface area contributed by atoms with E-state index in [2.05, 4.69) is 46.9 Å². The minimum atomic E-state index is -0.649. The summed E-state index contributed by atoms with van der Waals surface area (Å²) in [6, 6.07) is 6.44. The third-order valence-electron chi connectivity index (χ3n) is 4.54. The van der Waals surface area contributed by atoms with Crippen molar-refractivity contribution < 1.29 is 9.90 Å². The van der Waals surface area contributed by atoms with Gasteiger partial charge in [0.05, 0.1) is 5.92 Å². The minimum Gasteiger partial charge on any atom is -0.481 e. The zero-order valence-corrected chi connectivity index (χ0v) is 16.8. The highest BCUT2D eigenvalue weighted by Crippen LogP contribution is 2.33.